The first kappa shape index (κ1) is 19.3. The van der Waals surface area contributed by atoms with Crippen LogP contribution in [0.25, 0.3) is 11.3 Å². The Balaban J connectivity index is 1.70. The largest absolute Gasteiger partial charge is 0.475 e. The van der Waals surface area contributed by atoms with E-state index in [0.29, 0.717) is 30.5 Å². The molecule has 1 amide bonds. The Morgan fingerprint density at radius 3 is 2.68 bits per heavy atom. The molecule has 0 aliphatic heterocycles. The third-order valence-corrected chi connectivity index (χ3v) is 4.01. The van der Waals surface area contributed by atoms with E-state index >= 15 is 0 Å². The van der Waals surface area contributed by atoms with Crippen molar-refractivity contribution in [3.8, 4) is 17.1 Å². The Bertz CT molecular complexity index is 1010. The standard InChI is InChI=1S/C21H21N3O4/c1-14-4-3-5-15(12-14)18-8-7-17(21(26)24-18)20(25)23-16-6-9-19(22-13-16)28-11-10-27-2/h3-9,12-13H,10-11H2,1-2H3,(H,23,25)(H,24,26). The van der Waals surface area contributed by atoms with Crippen molar-refractivity contribution < 1.29 is 14.3 Å². The molecule has 2 aromatic heterocycles. The lowest BCUT2D eigenvalue weighted by Crippen LogP contribution is -2.23. The average molecular weight is 379 g/mol. The topological polar surface area (TPSA) is 93.3 Å². The summed E-state index contributed by atoms with van der Waals surface area (Å²) in [6.07, 6.45) is 1.47. The number of nitrogens with zero attached hydrogens (tertiary/aromatic N) is 1. The Morgan fingerprint density at radius 2 is 2.00 bits per heavy atom. The third kappa shape index (κ3) is 4.83. The van der Waals surface area contributed by atoms with Crippen LogP contribution in [-0.2, 0) is 4.74 Å². The first-order valence-corrected chi connectivity index (χ1v) is 8.76. The van der Waals surface area contributed by atoms with Crippen LogP contribution in [0.15, 0.2) is 59.5 Å². The monoisotopic (exact) mass is 379 g/mol. The van der Waals surface area contributed by atoms with E-state index in [9.17, 15) is 9.59 Å². The number of ether oxygens (including phenoxy) is 2. The van der Waals surface area contributed by atoms with Crippen LogP contribution in [-0.4, -0.2) is 36.2 Å². The van der Waals surface area contributed by atoms with Gasteiger partial charge in [-0.2, -0.15) is 0 Å². The van der Waals surface area contributed by atoms with E-state index in [1.54, 1.807) is 25.3 Å². The smallest absolute Gasteiger partial charge is 0.261 e. The molecule has 0 atom stereocenters. The van der Waals surface area contributed by atoms with Gasteiger partial charge in [0.2, 0.25) is 5.88 Å². The molecule has 0 saturated carbocycles. The fourth-order valence-corrected chi connectivity index (χ4v) is 2.60. The molecule has 0 saturated heterocycles. The Hall–Kier alpha value is -3.45. The number of hydrogen-bond donors (Lipinski definition) is 2. The van der Waals surface area contributed by atoms with Crippen LogP contribution in [0.4, 0.5) is 5.69 Å². The maximum atomic E-state index is 12.4. The maximum absolute atomic E-state index is 12.4. The van der Waals surface area contributed by atoms with Crippen LogP contribution in [0.3, 0.4) is 0 Å². The number of carbonyl (C=O) groups excluding carboxylic acids is 1. The summed E-state index contributed by atoms with van der Waals surface area (Å²) in [6.45, 7) is 2.82. The third-order valence-electron chi connectivity index (χ3n) is 4.01. The molecule has 2 heterocycles. The van der Waals surface area contributed by atoms with Gasteiger partial charge in [0.25, 0.3) is 11.5 Å². The molecule has 3 aromatic rings. The molecule has 0 unspecified atom stereocenters. The number of carbonyl (C=O) groups is 1. The van der Waals surface area contributed by atoms with Crippen molar-refractivity contribution >= 4 is 11.6 Å². The average Bonchev–Trinajstić information content (AvgIpc) is 2.69. The fraction of sp³-hybridized carbons (Fsp3) is 0.190. The number of H-pyrrole nitrogens is 1. The highest BCUT2D eigenvalue weighted by molar-refractivity contribution is 6.04. The van der Waals surface area contributed by atoms with Gasteiger partial charge >= 0.3 is 0 Å². The van der Waals surface area contributed by atoms with Gasteiger partial charge in [-0.15, -0.1) is 0 Å². The number of methoxy groups -OCH3 is 1. The molecule has 0 aliphatic rings. The zero-order valence-electron chi connectivity index (χ0n) is 15.7. The molecule has 2 N–H and O–H groups in total. The highest BCUT2D eigenvalue weighted by Crippen LogP contribution is 2.17. The molecule has 7 heteroatoms. The number of benzene rings is 1. The number of rotatable bonds is 7. The minimum Gasteiger partial charge on any atom is -0.475 e. The van der Waals surface area contributed by atoms with Gasteiger partial charge in [0.1, 0.15) is 12.2 Å². The number of pyridine rings is 2. The Labute approximate surface area is 162 Å². The second-order valence-electron chi connectivity index (χ2n) is 6.16. The lowest BCUT2D eigenvalue weighted by molar-refractivity contribution is 0.102. The van der Waals surface area contributed by atoms with Crippen LogP contribution < -0.4 is 15.6 Å². The van der Waals surface area contributed by atoms with Crippen LogP contribution in [0.2, 0.25) is 0 Å². The van der Waals surface area contributed by atoms with Gasteiger partial charge in [-0.3, -0.25) is 9.59 Å². The normalized spacial score (nSPS) is 10.5. The molecular formula is C21H21N3O4. The number of amides is 1. The minimum absolute atomic E-state index is 0.0248. The van der Waals surface area contributed by atoms with Gasteiger partial charge in [-0.1, -0.05) is 23.8 Å². The number of nitrogens with one attached hydrogen (secondary N) is 2. The summed E-state index contributed by atoms with van der Waals surface area (Å²) in [6, 6.07) is 14.3. The van der Waals surface area contributed by atoms with Crippen molar-refractivity contribution in [2.24, 2.45) is 0 Å². The number of aromatic nitrogens is 2. The highest BCUT2D eigenvalue weighted by Gasteiger charge is 2.12. The number of anilines is 1. The molecule has 7 nitrogen and oxygen atoms in total. The van der Waals surface area contributed by atoms with E-state index in [2.05, 4.69) is 15.3 Å². The van der Waals surface area contributed by atoms with Crippen molar-refractivity contribution in [1.82, 2.24) is 9.97 Å². The Morgan fingerprint density at radius 1 is 1.14 bits per heavy atom. The van der Waals surface area contributed by atoms with E-state index in [1.807, 2.05) is 31.2 Å². The van der Waals surface area contributed by atoms with Crippen LogP contribution >= 0.6 is 0 Å². The van der Waals surface area contributed by atoms with Crippen molar-refractivity contribution in [2.75, 3.05) is 25.6 Å². The first-order valence-electron chi connectivity index (χ1n) is 8.76. The quantitative estimate of drug-likeness (QED) is 0.616. The van der Waals surface area contributed by atoms with Gasteiger partial charge in [0.05, 0.1) is 18.5 Å². The SMILES string of the molecule is COCCOc1ccc(NC(=O)c2ccc(-c3cccc(C)c3)[nH]c2=O)cn1. The summed E-state index contributed by atoms with van der Waals surface area (Å²) >= 11 is 0. The molecule has 144 valence electrons. The lowest BCUT2D eigenvalue weighted by Gasteiger charge is -2.08. The summed E-state index contributed by atoms with van der Waals surface area (Å²) in [5.74, 6) is -0.0812. The molecule has 0 spiro atoms. The zero-order chi connectivity index (χ0) is 19.9. The summed E-state index contributed by atoms with van der Waals surface area (Å²) in [4.78, 5) is 31.7. The van der Waals surface area contributed by atoms with E-state index in [0.717, 1.165) is 11.1 Å². The van der Waals surface area contributed by atoms with Crippen LogP contribution in [0.5, 0.6) is 5.88 Å². The number of aryl methyl sites for hydroxylation is 1. The van der Waals surface area contributed by atoms with Crippen molar-refractivity contribution in [3.63, 3.8) is 0 Å². The highest BCUT2D eigenvalue weighted by atomic mass is 16.5. The molecule has 0 aliphatic carbocycles. The molecule has 0 bridgehead atoms. The van der Waals surface area contributed by atoms with E-state index in [1.165, 1.54) is 12.3 Å². The van der Waals surface area contributed by atoms with Gasteiger partial charge in [-0.05, 0) is 36.8 Å². The maximum Gasteiger partial charge on any atom is 0.261 e. The summed E-state index contributed by atoms with van der Waals surface area (Å²) in [5, 5.41) is 2.66. The second-order valence-corrected chi connectivity index (χ2v) is 6.16. The summed E-state index contributed by atoms with van der Waals surface area (Å²) in [5.41, 5.74) is 2.66. The fourth-order valence-electron chi connectivity index (χ4n) is 2.60. The number of aromatic amines is 1. The predicted molar refractivity (Wildman–Crippen MR) is 107 cm³/mol. The molecule has 1 aromatic carbocycles. The summed E-state index contributed by atoms with van der Waals surface area (Å²) in [7, 11) is 1.59. The lowest BCUT2D eigenvalue weighted by atomic mass is 10.1. The molecule has 0 radical (unpaired) electrons. The molecular weight excluding hydrogens is 358 g/mol. The Kier molecular flexibility index (Phi) is 6.18. The van der Waals surface area contributed by atoms with E-state index in [4.69, 9.17) is 9.47 Å². The van der Waals surface area contributed by atoms with E-state index < -0.39 is 11.5 Å². The van der Waals surface area contributed by atoms with E-state index in [-0.39, 0.29) is 5.56 Å². The number of hydrogen-bond acceptors (Lipinski definition) is 5. The van der Waals surface area contributed by atoms with Crippen LogP contribution in [0.1, 0.15) is 15.9 Å². The van der Waals surface area contributed by atoms with Gasteiger partial charge in [0, 0.05) is 18.9 Å². The zero-order valence-corrected chi connectivity index (χ0v) is 15.7. The second kappa shape index (κ2) is 8.96. The molecule has 28 heavy (non-hydrogen) atoms. The summed E-state index contributed by atoms with van der Waals surface area (Å²) < 4.78 is 10.3. The molecule has 3 rings (SSSR count). The van der Waals surface area contributed by atoms with Crippen molar-refractivity contribution in [2.45, 2.75) is 6.92 Å². The first-order chi connectivity index (χ1) is 13.6. The van der Waals surface area contributed by atoms with Crippen molar-refractivity contribution in [3.05, 3.63) is 76.2 Å². The van der Waals surface area contributed by atoms with Gasteiger partial charge in [0.15, 0.2) is 0 Å². The predicted octanol–water partition coefficient (Wildman–Crippen LogP) is 3.02. The van der Waals surface area contributed by atoms with Crippen LogP contribution in [0, 0.1) is 6.92 Å². The minimum atomic E-state index is -0.508. The van der Waals surface area contributed by atoms with Crippen molar-refractivity contribution in [1.29, 1.82) is 0 Å². The van der Waals surface area contributed by atoms with Gasteiger partial charge < -0.3 is 19.8 Å². The van der Waals surface area contributed by atoms with Gasteiger partial charge in [-0.25, -0.2) is 4.98 Å². The molecule has 0 fully saturated rings.